The molecule has 7 aliphatic rings. The molecule has 0 radical (unpaired) electrons. The number of ether oxygens (including phenoxy) is 15. The summed E-state index contributed by atoms with van der Waals surface area (Å²) >= 11 is 0. The Morgan fingerprint density at radius 2 is 0.519 bits per heavy atom. The van der Waals surface area contributed by atoms with Gasteiger partial charge in [-0.25, -0.2) is 0 Å². The molecule has 0 saturated carbocycles. The Morgan fingerprint density at radius 3 is 0.797 bits per heavy atom. The van der Waals surface area contributed by atoms with Gasteiger partial charge in [0.05, 0.1) is 58.5 Å². The van der Waals surface area contributed by atoms with Crippen LogP contribution in [0, 0.1) is 0 Å². The van der Waals surface area contributed by atoms with E-state index in [2.05, 4.69) is 0 Å². The second kappa shape index (κ2) is 28.7. The highest BCUT2D eigenvalue weighted by molar-refractivity contribution is 5.01. The van der Waals surface area contributed by atoms with Gasteiger partial charge < -0.3 is 173 Å². The average Bonchev–Trinajstić information content (AvgIpc) is 3.47. The lowest BCUT2D eigenvalue weighted by Crippen LogP contribution is -2.68. The lowest BCUT2D eigenvalue weighted by atomic mass is 9.95. The van der Waals surface area contributed by atoms with Gasteiger partial charge >= 0.3 is 0 Å². The van der Waals surface area contributed by atoms with Crippen LogP contribution >= 0.6 is 0 Å². The van der Waals surface area contributed by atoms with Crippen molar-refractivity contribution in [1.82, 2.24) is 0 Å². The van der Waals surface area contributed by atoms with Gasteiger partial charge in [-0.15, -0.1) is 0 Å². The maximum Gasteiger partial charge on any atom is 0.187 e. The molecular weight excluding hydrogens is 1090 g/mol. The van der Waals surface area contributed by atoms with Crippen molar-refractivity contribution in [1.29, 1.82) is 0 Å². The van der Waals surface area contributed by atoms with E-state index in [-0.39, 0.29) is 6.42 Å². The zero-order valence-electron chi connectivity index (χ0n) is 42.4. The molecule has 0 aliphatic carbocycles. The van der Waals surface area contributed by atoms with Crippen LogP contribution in [0.15, 0.2) is 0 Å². The van der Waals surface area contributed by atoms with E-state index in [1.54, 1.807) is 0 Å². The van der Waals surface area contributed by atoms with Crippen LogP contribution in [0.2, 0.25) is 0 Å². The molecule has 7 fully saturated rings. The fraction of sp³-hybridized carbons (Fsp3) is 1.00. The second-order valence-electron chi connectivity index (χ2n) is 19.9. The number of hydrogen-bond acceptors (Lipinski definition) is 35. The van der Waals surface area contributed by atoms with Crippen LogP contribution in [0.25, 0.3) is 0 Å². The van der Waals surface area contributed by atoms with Crippen molar-refractivity contribution in [3.05, 3.63) is 0 Å². The third kappa shape index (κ3) is 13.7. The standard InChI is InChI=1S/C44H76O35/c1-65-37-30(64)36(18(10-51)73-44(37)79-35-17(9-50)72-42(29(63)24(35)58)75-31-13(5-46)68-38(66-2)25(59)20(31)54)78-43-28(62)23(57)34(16(8-49)71-43)77-41-27(61)22(56)33(15(7-48)70-41)76-40-26(60)21(55)32(14(6-47)69-40)74-39-19(53)12(52)3-11(4-45)67-39/h11-64H,3-10H2,1-2H3/t11?,12?,13?,14?,15?,16?,17?,18?,19?,20-,21?,22?,23?,24?,25?,26-,27?,28?,29+,30+,31-,32-,33-,34-,35-,36-,37?,38+,39-,40-,41-,42-,43-,44-/m1/s1. The largest absolute Gasteiger partial charge is 0.394 e. The summed E-state index contributed by atoms with van der Waals surface area (Å²) in [6.45, 7) is -6.20. The molecule has 0 spiro atoms. The molecular formula is C44H76O35. The van der Waals surface area contributed by atoms with Crippen LogP contribution in [-0.4, -0.2) is 371 Å². The molecule has 35 heteroatoms. The molecule has 0 aromatic carbocycles. The Bertz CT molecular complexity index is 1810. The monoisotopic (exact) mass is 1160 g/mol. The number of aliphatic hydroxyl groups is 20. The molecule has 0 aromatic rings. The molecule has 0 aromatic heterocycles. The highest BCUT2D eigenvalue weighted by Crippen LogP contribution is 2.38. The van der Waals surface area contributed by atoms with Crippen molar-refractivity contribution in [2.24, 2.45) is 0 Å². The zero-order chi connectivity index (χ0) is 57.9. The van der Waals surface area contributed by atoms with Gasteiger partial charge in [-0.1, -0.05) is 0 Å². The normalized spacial score (nSPS) is 52.0. The van der Waals surface area contributed by atoms with Crippen LogP contribution < -0.4 is 0 Å². The molecule has 79 heavy (non-hydrogen) atoms. The molecule has 7 rings (SSSR count). The predicted molar refractivity (Wildman–Crippen MR) is 240 cm³/mol. The van der Waals surface area contributed by atoms with Gasteiger partial charge in [0, 0.05) is 20.6 Å². The maximum absolute atomic E-state index is 11.6. The Morgan fingerprint density at radius 1 is 0.266 bits per heavy atom. The summed E-state index contributed by atoms with van der Waals surface area (Å²) in [5.74, 6) is 0. The first-order chi connectivity index (χ1) is 37.6. The smallest absolute Gasteiger partial charge is 0.187 e. The first-order valence-corrected chi connectivity index (χ1v) is 25.3. The van der Waals surface area contributed by atoms with Crippen LogP contribution in [0.3, 0.4) is 0 Å². The van der Waals surface area contributed by atoms with Crippen molar-refractivity contribution >= 4 is 0 Å². The van der Waals surface area contributed by atoms with Gasteiger partial charge in [-0.3, -0.25) is 0 Å². The molecule has 7 aliphatic heterocycles. The van der Waals surface area contributed by atoms with E-state index in [0.29, 0.717) is 0 Å². The van der Waals surface area contributed by atoms with Crippen molar-refractivity contribution in [2.45, 2.75) is 215 Å². The minimum atomic E-state index is -2.17. The second-order valence-corrected chi connectivity index (χ2v) is 19.9. The third-order valence-electron chi connectivity index (χ3n) is 14.9. The SMILES string of the molecule is COC1[C@@H](O[C@@H]2C(CO)O[C@H](O[C@@H]3C(CO)O[C@H](OC)C(O)[C@H]3O)[C@@H](O)C2O)OC(CO)[C@@H](O[C@H]2OC(CO)[C@@H](O[C@H]3OC(CO)[C@@H](O[C@H]4OC(CO)[C@@H](O[C@H]5OC(CO)CC(O)C5O)C(O)[C@H]4O)C(O)C3O)C(O)C2O)[C@@H]1O. The Balaban J connectivity index is 0.958. The molecule has 20 N–H and O–H groups in total. The Hall–Kier alpha value is -1.40. The van der Waals surface area contributed by atoms with Crippen LogP contribution in [-0.2, 0) is 71.1 Å². The van der Waals surface area contributed by atoms with E-state index in [1.807, 2.05) is 0 Å². The van der Waals surface area contributed by atoms with E-state index < -0.39 is 255 Å². The van der Waals surface area contributed by atoms with E-state index in [4.69, 9.17) is 71.1 Å². The van der Waals surface area contributed by atoms with E-state index in [1.165, 1.54) is 7.11 Å². The van der Waals surface area contributed by atoms with Crippen molar-refractivity contribution < 1.29 is 173 Å². The molecule has 35 nitrogen and oxygen atoms in total. The quantitative estimate of drug-likeness (QED) is 0.0507. The Kier molecular flexibility index (Phi) is 23.6. The van der Waals surface area contributed by atoms with Gasteiger partial charge in [-0.2, -0.15) is 0 Å². The molecule has 34 atom stereocenters. The average molecular weight is 1170 g/mol. The van der Waals surface area contributed by atoms with Gasteiger partial charge in [0.1, 0.15) is 153 Å². The summed E-state index contributed by atoms with van der Waals surface area (Å²) in [6, 6.07) is 0. The van der Waals surface area contributed by atoms with Crippen molar-refractivity contribution in [3.8, 4) is 0 Å². The maximum atomic E-state index is 11.6. The van der Waals surface area contributed by atoms with Crippen LogP contribution in [0.4, 0.5) is 0 Å². The third-order valence-corrected chi connectivity index (χ3v) is 14.9. The highest BCUT2D eigenvalue weighted by Gasteiger charge is 2.58. The van der Waals surface area contributed by atoms with E-state index >= 15 is 0 Å². The van der Waals surface area contributed by atoms with Gasteiger partial charge in [-0.05, 0) is 0 Å². The molecule has 17 unspecified atom stereocenters. The minimum Gasteiger partial charge on any atom is -0.394 e. The summed E-state index contributed by atoms with van der Waals surface area (Å²) in [4.78, 5) is 0. The molecule has 7 heterocycles. The highest BCUT2D eigenvalue weighted by atomic mass is 16.8. The van der Waals surface area contributed by atoms with Crippen LogP contribution in [0.5, 0.6) is 0 Å². The van der Waals surface area contributed by atoms with Crippen molar-refractivity contribution in [3.63, 3.8) is 0 Å². The van der Waals surface area contributed by atoms with Gasteiger partial charge in [0.15, 0.2) is 44.0 Å². The minimum absolute atomic E-state index is 0.165. The fourth-order valence-corrected chi connectivity index (χ4v) is 10.4. The number of aliphatic hydroxyl groups excluding tert-OH is 20. The first kappa shape index (κ1) is 65.1. The summed E-state index contributed by atoms with van der Waals surface area (Å²) in [7, 11) is 2.24. The number of methoxy groups -OCH3 is 2. The Labute approximate surface area is 448 Å². The lowest BCUT2D eigenvalue weighted by Gasteiger charge is -2.50. The van der Waals surface area contributed by atoms with E-state index in [9.17, 15) is 102 Å². The zero-order valence-corrected chi connectivity index (χ0v) is 42.4. The summed E-state index contributed by atoms with van der Waals surface area (Å²) in [5.41, 5.74) is 0. The number of rotatable bonds is 21. The molecule has 462 valence electrons. The van der Waals surface area contributed by atoms with E-state index in [0.717, 1.165) is 7.11 Å². The van der Waals surface area contributed by atoms with Crippen LogP contribution in [0.1, 0.15) is 6.42 Å². The first-order valence-electron chi connectivity index (χ1n) is 25.3. The topological polar surface area (TPSA) is 543 Å². The molecule has 0 amide bonds. The summed E-state index contributed by atoms with van der Waals surface area (Å²) < 4.78 is 84.2. The molecule has 7 saturated heterocycles. The summed E-state index contributed by atoms with van der Waals surface area (Å²) in [6.07, 6.45) is -60.5. The molecule has 0 bridgehead atoms. The predicted octanol–water partition coefficient (Wildman–Crippen LogP) is -13.9. The van der Waals surface area contributed by atoms with Gasteiger partial charge in [0.25, 0.3) is 0 Å². The summed E-state index contributed by atoms with van der Waals surface area (Å²) in [5, 5.41) is 214. The van der Waals surface area contributed by atoms with Gasteiger partial charge in [0.2, 0.25) is 0 Å². The lowest BCUT2D eigenvalue weighted by molar-refractivity contribution is -0.398. The fourth-order valence-electron chi connectivity index (χ4n) is 10.4. The van der Waals surface area contributed by atoms with Crippen molar-refractivity contribution in [2.75, 3.05) is 60.5 Å². The number of hydrogen-bond donors (Lipinski definition) is 20.